The van der Waals surface area contributed by atoms with Gasteiger partial charge in [0.25, 0.3) is 0 Å². The molecule has 4 heterocycles. The number of piperidine rings is 1. The van der Waals surface area contributed by atoms with Crippen molar-refractivity contribution in [2.75, 3.05) is 4.90 Å². The summed E-state index contributed by atoms with van der Waals surface area (Å²) in [6.07, 6.45) is 11.7. The van der Waals surface area contributed by atoms with E-state index in [4.69, 9.17) is 9.26 Å². The summed E-state index contributed by atoms with van der Waals surface area (Å²) in [5, 5.41) is 14.7. The molecule has 1 aromatic carbocycles. The van der Waals surface area contributed by atoms with Gasteiger partial charge in [0.15, 0.2) is 10.9 Å². The maximum atomic E-state index is 14.6. The van der Waals surface area contributed by atoms with Crippen molar-refractivity contribution in [2.24, 2.45) is 11.8 Å². The van der Waals surface area contributed by atoms with E-state index in [1.807, 2.05) is 0 Å². The van der Waals surface area contributed by atoms with Gasteiger partial charge >= 0.3 is 5.97 Å². The summed E-state index contributed by atoms with van der Waals surface area (Å²) in [5.41, 5.74) is 2.64. The fourth-order valence-corrected chi connectivity index (χ4v) is 8.72. The van der Waals surface area contributed by atoms with Gasteiger partial charge in [-0.15, -0.1) is 0 Å². The van der Waals surface area contributed by atoms with Crippen LogP contribution in [0.5, 0.6) is 0 Å². The molecule has 1 N–H and O–H groups in total. The number of fused-ring (bicyclic) bond motifs is 4. The van der Waals surface area contributed by atoms with Crippen molar-refractivity contribution in [3.05, 3.63) is 40.5 Å². The minimum Gasteiger partial charge on any atom is -0.478 e. The highest BCUT2D eigenvalue weighted by Crippen LogP contribution is 2.55. The smallest absolute Gasteiger partial charge is 0.335 e. The monoisotopic (exact) mass is 537 g/mol. The van der Waals surface area contributed by atoms with Gasteiger partial charge in [0.1, 0.15) is 11.3 Å². The molecule has 8 rings (SSSR count). The molecule has 0 spiro atoms. The van der Waals surface area contributed by atoms with Gasteiger partial charge in [0.05, 0.1) is 28.7 Å². The predicted molar refractivity (Wildman–Crippen MR) is 140 cm³/mol. The van der Waals surface area contributed by atoms with Crippen molar-refractivity contribution in [3.8, 4) is 0 Å². The number of aromatic carboxylic acids is 1. The van der Waals surface area contributed by atoms with Gasteiger partial charge in [-0.05, 0) is 88.2 Å². The maximum absolute atomic E-state index is 14.6. The molecule has 5 fully saturated rings. The maximum Gasteiger partial charge on any atom is 0.335 e. The minimum absolute atomic E-state index is 0.0378. The molecule has 7 nitrogen and oxygen atoms in total. The Kier molecular flexibility index (Phi) is 5.38. The lowest BCUT2D eigenvalue weighted by Gasteiger charge is -2.38. The second-order valence-electron chi connectivity index (χ2n) is 12.3. The summed E-state index contributed by atoms with van der Waals surface area (Å²) < 4.78 is 27.8. The lowest BCUT2D eigenvalue weighted by atomic mass is 9.85. The van der Waals surface area contributed by atoms with E-state index >= 15 is 0 Å². The molecule has 9 heteroatoms. The highest BCUT2D eigenvalue weighted by molar-refractivity contribution is 7.22. The highest BCUT2D eigenvalue weighted by Gasteiger charge is 2.45. The Bertz CT molecular complexity index is 1400. The summed E-state index contributed by atoms with van der Waals surface area (Å²) in [7, 11) is 0. The molecule has 3 saturated carbocycles. The second-order valence-corrected chi connectivity index (χ2v) is 13.3. The van der Waals surface area contributed by atoms with E-state index < -0.39 is 11.8 Å². The number of rotatable bonds is 7. The third-order valence-corrected chi connectivity index (χ3v) is 10.8. The van der Waals surface area contributed by atoms with Crippen molar-refractivity contribution in [3.63, 3.8) is 0 Å². The zero-order chi connectivity index (χ0) is 25.5. The summed E-state index contributed by atoms with van der Waals surface area (Å²) in [4.78, 5) is 18.3. The SMILES string of the molecule is O=C(O)c1cc(F)c2nc(N3[C@@H]4CC[C@H]3CC(OCc3c([C@H]5CC[C@H]6C[C@H]6C5)noc3C3CC3)C4)sc2c1. The van der Waals surface area contributed by atoms with Crippen molar-refractivity contribution < 1.29 is 23.6 Å². The average molecular weight is 538 g/mol. The van der Waals surface area contributed by atoms with Crippen LogP contribution in [0, 0.1) is 17.7 Å². The van der Waals surface area contributed by atoms with Gasteiger partial charge in [-0.1, -0.05) is 16.5 Å². The molecule has 2 aliphatic heterocycles. The molecule has 200 valence electrons. The molecule has 3 aliphatic carbocycles. The number of carbonyl (C=O) groups is 1. The van der Waals surface area contributed by atoms with Gasteiger partial charge in [-0.3, -0.25) is 0 Å². The van der Waals surface area contributed by atoms with Crippen LogP contribution in [0.15, 0.2) is 16.7 Å². The number of thiazole rings is 1. The Morgan fingerprint density at radius 1 is 1.05 bits per heavy atom. The number of ether oxygens (including phenoxy) is 1. The Hall–Kier alpha value is -2.52. The van der Waals surface area contributed by atoms with Crippen LogP contribution in [0.3, 0.4) is 0 Å². The number of hydrogen-bond acceptors (Lipinski definition) is 7. The molecule has 6 atom stereocenters. The van der Waals surface area contributed by atoms with E-state index in [1.165, 1.54) is 67.2 Å². The number of anilines is 1. The normalized spacial score (nSPS) is 32.1. The molecule has 2 saturated heterocycles. The molecule has 2 aromatic heterocycles. The largest absolute Gasteiger partial charge is 0.478 e. The molecular weight excluding hydrogens is 505 g/mol. The minimum atomic E-state index is -1.13. The first-order valence-corrected chi connectivity index (χ1v) is 15.0. The van der Waals surface area contributed by atoms with Crippen LogP contribution >= 0.6 is 11.3 Å². The molecule has 3 aromatic rings. The number of benzene rings is 1. The Labute approximate surface area is 224 Å². The Balaban J connectivity index is 0.988. The molecular formula is C29H32FN3O4S. The summed E-state index contributed by atoms with van der Waals surface area (Å²) >= 11 is 1.39. The van der Waals surface area contributed by atoms with E-state index in [1.54, 1.807) is 0 Å². The third-order valence-electron chi connectivity index (χ3n) is 9.78. The third kappa shape index (κ3) is 3.96. The first-order valence-electron chi connectivity index (χ1n) is 14.2. The lowest BCUT2D eigenvalue weighted by Crippen LogP contribution is -2.45. The average Bonchev–Trinajstić information content (AvgIpc) is 3.79. The van der Waals surface area contributed by atoms with Crippen LogP contribution in [-0.2, 0) is 11.3 Å². The zero-order valence-corrected chi connectivity index (χ0v) is 22.1. The quantitative estimate of drug-likeness (QED) is 0.362. The Morgan fingerprint density at radius 3 is 2.58 bits per heavy atom. The van der Waals surface area contributed by atoms with Crippen LogP contribution in [0.25, 0.3) is 10.2 Å². The van der Waals surface area contributed by atoms with E-state index in [9.17, 15) is 14.3 Å². The van der Waals surface area contributed by atoms with Crippen molar-refractivity contribution >= 4 is 32.7 Å². The topological polar surface area (TPSA) is 88.7 Å². The molecule has 5 aliphatic rings. The number of halogens is 1. The van der Waals surface area contributed by atoms with Gasteiger partial charge in [-0.25, -0.2) is 14.2 Å². The van der Waals surface area contributed by atoms with Crippen LogP contribution < -0.4 is 4.90 Å². The number of hydrogen-bond donors (Lipinski definition) is 1. The molecule has 1 unspecified atom stereocenters. The van der Waals surface area contributed by atoms with E-state index in [2.05, 4.69) is 15.0 Å². The number of carboxylic acids is 1. The van der Waals surface area contributed by atoms with Gasteiger partial charge < -0.3 is 19.3 Å². The summed E-state index contributed by atoms with van der Waals surface area (Å²) in [6.45, 7) is 0.587. The number of aromatic nitrogens is 2. The molecule has 38 heavy (non-hydrogen) atoms. The van der Waals surface area contributed by atoms with E-state index in [0.29, 0.717) is 35.2 Å². The van der Waals surface area contributed by atoms with E-state index in [0.717, 1.165) is 54.5 Å². The van der Waals surface area contributed by atoms with Gasteiger partial charge in [0, 0.05) is 29.5 Å². The molecule has 2 bridgehead atoms. The first kappa shape index (κ1) is 23.4. The first-order chi connectivity index (χ1) is 18.5. The fraction of sp³-hybridized carbons (Fsp3) is 0.621. The number of carboxylic acid groups (broad SMARTS) is 1. The van der Waals surface area contributed by atoms with Crippen molar-refractivity contribution in [2.45, 2.75) is 101 Å². The summed E-state index contributed by atoms with van der Waals surface area (Å²) in [6, 6.07) is 3.20. The van der Waals surface area contributed by atoms with Crippen molar-refractivity contribution in [1.29, 1.82) is 0 Å². The lowest BCUT2D eigenvalue weighted by molar-refractivity contribution is 0.0141. The summed E-state index contributed by atoms with van der Waals surface area (Å²) in [5.74, 6) is 2.29. The Morgan fingerprint density at radius 2 is 1.84 bits per heavy atom. The molecule has 0 amide bonds. The fourth-order valence-electron chi connectivity index (χ4n) is 7.55. The van der Waals surface area contributed by atoms with Crippen LogP contribution in [0.2, 0.25) is 0 Å². The highest BCUT2D eigenvalue weighted by atomic mass is 32.1. The van der Waals surface area contributed by atoms with Crippen LogP contribution in [-0.4, -0.2) is 39.4 Å². The van der Waals surface area contributed by atoms with E-state index in [-0.39, 0.29) is 17.2 Å². The van der Waals surface area contributed by atoms with Crippen molar-refractivity contribution in [1.82, 2.24) is 10.1 Å². The zero-order valence-electron chi connectivity index (χ0n) is 21.3. The molecule has 0 radical (unpaired) electrons. The van der Waals surface area contributed by atoms with Gasteiger partial charge in [0.2, 0.25) is 0 Å². The standard InChI is InChI=1S/C29H32FN3O4S/c30-23-9-18(28(34)35)10-24-26(23)31-29(38-24)33-19-5-6-20(33)12-21(11-19)36-13-22-25(32-37-27(22)14-1-2-14)16-4-3-15-7-17(15)8-16/h9-10,14-17,19-21H,1-8,11-13H2,(H,34,35)/t15-,16-,17-,19-,20+,21?/m0/s1. The van der Waals surface area contributed by atoms with Gasteiger partial charge in [-0.2, -0.15) is 0 Å². The van der Waals surface area contributed by atoms with Crippen LogP contribution in [0.4, 0.5) is 9.52 Å². The predicted octanol–water partition coefficient (Wildman–Crippen LogP) is 6.62. The van der Waals surface area contributed by atoms with Crippen LogP contribution in [0.1, 0.15) is 103 Å². The number of nitrogens with zero attached hydrogens (tertiary/aromatic N) is 3. The second kappa shape index (κ2) is 8.74.